The summed E-state index contributed by atoms with van der Waals surface area (Å²) in [6, 6.07) is 12.9. The van der Waals surface area contributed by atoms with Gasteiger partial charge in [-0.3, -0.25) is 10.0 Å². The highest BCUT2D eigenvalue weighted by Gasteiger charge is 2.09. The quantitative estimate of drug-likeness (QED) is 0.571. The highest BCUT2D eigenvalue weighted by Crippen LogP contribution is 2.26. The summed E-state index contributed by atoms with van der Waals surface area (Å²) in [4.78, 5) is 15.3. The molecule has 1 heterocycles. The Morgan fingerprint density at radius 2 is 2.05 bits per heavy atom. The number of fused-ring (bicyclic) bond motifs is 1. The van der Waals surface area contributed by atoms with Crippen molar-refractivity contribution < 1.29 is 19.2 Å². The molecule has 0 bridgehead atoms. The Morgan fingerprint density at radius 3 is 2.77 bits per heavy atom. The topological polar surface area (TPSA) is 84.6 Å². The number of benzene rings is 2. The molecule has 0 saturated carbocycles. The summed E-state index contributed by atoms with van der Waals surface area (Å²) in [5.74, 6) is 0.429. The first kappa shape index (κ1) is 14.1. The number of aromatic nitrogens is 1. The van der Waals surface area contributed by atoms with Crippen LogP contribution in [0.3, 0.4) is 0 Å². The molecule has 0 aliphatic rings. The van der Waals surface area contributed by atoms with Crippen molar-refractivity contribution >= 4 is 17.0 Å². The summed E-state index contributed by atoms with van der Waals surface area (Å²) in [5, 5.41) is 8.39. The summed E-state index contributed by atoms with van der Waals surface area (Å²) in [5.41, 5.74) is 4.98. The maximum absolute atomic E-state index is 10.9. The molecule has 2 aromatic carbocycles. The second-order valence-electron chi connectivity index (χ2n) is 4.84. The molecule has 0 aliphatic heterocycles. The molecule has 0 saturated heterocycles. The van der Waals surface area contributed by atoms with E-state index in [1.54, 1.807) is 24.3 Å². The fourth-order valence-corrected chi connectivity index (χ4v) is 2.03. The molecular weight excluding hydrogens is 284 g/mol. The van der Waals surface area contributed by atoms with E-state index in [0.717, 1.165) is 22.2 Å². The first-order valence-corrected chi connectivity index (χ1v) is 6.69. The smallest absolute Gasteiger partial charge is 0.281 e. The van der Waals surface area contributed by atoms with Gasteiger partial charge in [0.15, 0.2) is 12.2 Å². The minimum atomic E-state index is -0.613. The number of ether oxygens (including phenoxy) is 1. The van der Waals surface area contributed by atoms with Crippen LogP contribution in [0.25, 0.3) is 22.6 Å². The summed E-state index contributed by atoms with van der Waals surface area (Å²) < 4.78 is 10.9. The Labute approximate surface area is 126 Å². The van der Waals surface area contributed by atoms with Gasteiger partial charge in [0.2, 0.25) is 5.89 Å². The van der Waals surface area contributed by atoms with Crippen LogP contribution in [0.5, 0.6) is 5.75 Å². The standard InChI is InChI=1S/C16H14N2O4/c1-10-2-7-13-14(8-10)22-16(17-13)11-3-5-12(6-4-11)21-9-15(19)18-20/h2-8,20H,9H2,1H3,(H,18,19). The molecule has 1 aromatic heterocycles. The van der Waals surface area contributed by atoms with Crippen LogP contribution in [0.4, 0.5) is 0 Å². The van der Waals surface area contributed by atoms with E-state index in [2.05, 4.69) is 4.98 Å². The largest absolute Gasteiger partial charge is 0.484 e. The molecule has 112 valence electrons. The van der Waals surface area contributed by atoms with Gasteiger partial charge in [-0.05, 0) is 48.9 Å². The molecule has 0 fully saturated rings. The third-order valence-corrected chi connectivity index (χ3v) is 3.14. The average Bonchev–Trinajstić information content (AvgIpc) is 2.96. The number of rotatable bonds is 4. The van der Waals surface area contributed by atoms with Gasteiger partial charge in [-0.1, -0.05) is 6.07 Å². The monoisotopic (exact) mass is 298 g/mol. The summed E-state index contributed by atoms with van der Waals surface area (Å²) in [6.45, 7) is 1.74. The lowest BCUT2D eigenvalue weighted by Crippen LogP contribution is -2.25. The van der Waals surface area contributed by atoms with Crippen LogP contribution >= 0.6 is 0 Å². The van der Waals surface area contributed by atoms with E-state index in [9.17, 15) is 4.79 Å². The van der Waals surface area contributed by atoms with Gasteiger partial charge in [-0.15, -0.1) is 0 Å². The zero-order chi connectivity index (χ0) is 15.5. The minimum absolute atomic E-state index is 0.252. The maximum atomic E-state index is 10.9. The predicted molar refractivity (Wildman–Crippen MR) is 79.6 cm³/mol. The molecule has 6 heteroatoms. The number of hydroxylamine groups is 1. The van der Waals surface area contributed by atoms with Gasteiger partial charge >= 0.3 is 0 Å². The van der Waals surface area contributed by atoms with Gasteiger partial charge in [0.1, 0.15) is 11.3 Å². The molecule has 0 atom stereocenters. The molecule has 0 unspecified atom stereocenters. The molecule has 2 N–H and O–H groups in total. The second-order valence-corrected chi connectivity index (χ2v) is 4.84. The predicted octanol–water partition coefficient (Wildman–Crippen LogP) is 2.69. The Bertz CT molecular complexity index is 809. The highest BCUT2D eigenvalue weighted by atomic mass is 16.5. The molecule has 1 amide bonds. The summed E-state index contributed by atoms with van der Waals surface area (Å²) in [7, 11) is 0. The van der Waals surface area contributed by atoms with Crippen LogP contribution in [0.1, 0.15) is 5.56 Å². The molecule has 0 spiro atoms. The number of hydrogen-bond acceptors (Lipinski definition) is 5. The second kappa shape index (κ2) is 5.87. The lowest BCUT2D eigenvalue weighted by atomic mass is 10.2. The Morgan fingerprint density at radius 1 is 1.27 bits per heavy atom. The van der Waals surface area contributed by atoms with Gasteiger partial charge in [0, 0.05) is 5.56 Å². The molecule has 22 heavy (non-hydrogen) atoms. The molecule has 3 rings (SSSR count). The van der Waals surface area contributed by atoms with E-state index in [1.807, 2.05) is 25.1 Å². The van der Waals surface area contributed by atoms with Crippen LogP contribution in [-0.4, -0.2) is 22.7 Å². The lowest BCUT2D eigenvalue weighted by molar-refractivity contribution is -0.131. The van der Waals surface area contributed by atoms with Gasteiger partial charge < -0.3 is 9.15 Å². The van der Waals surface area contributed by atoms with Crippen molar-refractivity contribution in [3.8, 4) is 17.2 Å². The fraction of sp³-hybridized carbons (Fsp3) is 0.125. The number of amides is 1. The highest BCUT2D eigenvalue weighted by molar-refractivity contribution is 5.77. The molecule has 3 aromatic rings. The van der Waals surface area contributed by atoms with E-state index < -0.39 is 5.91 Å². The molecule has 6 nitrogen and oxygen atoms in total. The summed E-state index contributed by atoms with van der Waals surface area (Å²) in [6.07, 6.45) is 0. The van der Waals surface area contributed by atoms with Crippen molar-refractivity contribution in [3.05, 3.63) is 48.0 Å². The van der Waals surface area contributed by atoms with Crippen LogP contribution in [0.15, 0.2) is 46.9 Å². The van der Waals surface area contributed by atoms with E-state index in [-0.39, 0.29) is 6.61 Å². The van der Waals surface area contributed by atoms with Gasteiger partial charge in [-0.2, -0.15) is 0 Å². The third kappa shape index (κ3) is 2.91. The van der Waals surface area contributed by atoms with Crippen molar-refractivity contribution in [3.63, 3.8) is 0 Å². The summed E-state index contributed by atoms with van der Waals surface area (Å²) >= 11 is 0. The third-order valence-electron chi connectivity index (χ3n) is 3.14. The Kier molecular flexibility index (Phi) is 3.76. The van der Waals surface area contributed by atoms with Gasteiger partial charge in [0.25, 0.3) is 5.91 Å². The van der Waals surface area contributed by atoms with Gasteiger partial charge in [-0.25, -0.2) is 10.5 Å². The number of carbonyl (C=O) groups excluding carboxylic acids is 1. The van der Waals surface area contributed by atoms with Crippen LogP contribution in [0, 0.1) is 6.92 Å². The zero-order valence-electron chi connectivity index (χ0n) is 11.9. The average molecular weight is 298 g/mol. The van der Waals surface area contributed by atoms with Crippen LogP contribution in [-0.2, 0) is 4.79 Å². The van der Waals surface area contributed by atoms with Gasteiger partial charge in [0.05, 0.1) is 0 Å². The number of hydrogen-bond donors (Lipinski definition) is 2. The number of oxazole rings is 1. The Balaban J connectivity index is 1.80. The number of nitrogens with zero attached hydrogens (tertiary/aromatic N) is 1. The van der Waals surface area contributed by atoms with Crippen LogP contribution in [0.2, 0.25) is 0 Å². The number of carbonyl (C=O) groups is 1. The first-order chi connectivity index (χ1) is 10.7. The van der Waals surface area contributed by atoms with Crippen molar-refractivity contribution in [1.29, 1.82) is 0 Å². The fourth-order valence-electron chi connectivity index (χ4n) is 2.03. The van der Waals surface area contributed by atoms with E-state index >= 15 is 0 Å². The first-order valence-electron chi connectivity index (χ1n) is 6.69. The van der Waals surface area contributed by atoms with E-state index in [0.29, 0.717) is 11.6 Å². The number of nitrogens with one attached hydrogen (secondary N) is 1. The molecule has 0 aliphatic carbocycles. The van der Waals surface area contributed by atoms with Crippen molar-refractivity contribution in [1.82, 2.24) is 10.5 Å². The maximum Gasteiger partial charge on any atom is 0.281 e. The minimum Gasteiger partial charge on any atom is -0.484 e. The SMILES string of the molecule is Cc1ccc2nc(-c3ccc(OCC(=O)NO)cc3)oc2c1. The number of aryl methyl sites for hydroxylation is 1. The van der Waals surface area contributed by atoms with Crippen molar-refractivity contribution in [2.24, 2.45) is 0 Å². The van der Waals surface area contributed by atoms with E-state index in [1.165, 1.54) is 5.48 Å². The van der Waals surface area contributed by atoms with Crippen LogP contribution < -0.4 is 10.2 Å². The van der Waals surface area contributed by atoms with E-state index in [4.69, 9.17) is 14.4 Å². The zero-order valence-corrected chi connectivity index (χ0v) is 11.9. The normalized spacial score (nSPS) is 10.6. The van der Waals surface area contributed by atoms with Crippen molar-refractivity contribution in [2.75, 3.05) is 6.61 Å². The molecular formula is C16H14N2O4. The Hall–Kier alpha value is -2.86. The van der Waals surface area contributed by atoms with Crippen molar-refractivity contribution in [2.45, 2.75) is 6.92 Å². The molecule has 0 radical (unpaired) electrons. The lowest BCUT2D eigenvalue weighted by Gasteiger charge is -2.04.